The predicted molar refractivity (Wildman–Crippen MR) is 246 cm³/mol. The van der Waals surface area contributed by atoms with Crippen molar-refractivity contribution in [3.8, 4) is 22.6 Å². The second-order valence-electron chi connectivity index (χ2n) is 17.8. The summed E-state index contributed by atoms with van der Waals surface area (Å²) in [4.78, 5) is 82.7. The fraction of sp³-hybridized carbons (Fsp3) is 0.640. The van der Waals surface area contributed by atoms with Crippen LogP contribution in [-0.2, 0) is 35.2 Å². The maximum absolute atomic E-state index is 14.0. The molecule has 0 aromatic heterocycles. The number of hydrogen-bond donors (Lipinski definition) is 5. The second kappa shape index (κ2) is 27.4. The van der Waals surface area contributed by atoms with E-state index in [4.69, 9.17) is 0 Å². The highest BCUT2D eigenvalue weighted by atomic mass is 16.3. The Labute approximate surface area is 375 Å². The molecule has 5 N–H and O–H groups in total. The highest BCUT2D eigenvalue weighted by Crippen LogP contribution is 2.39. The average molecular weight is 877 g/mol. The van der Waals surface area contributed by atoms with Crippen molar-refractivity contribution in [2.45, 2.75) is 180 Å². The lowest BCUT2D eigenvalue weighted by molar-refractivity contribution is -0.141. The van der Waals surface area contributed by atoms with E-state index in [2.05, 4.69) is 17.6 Å². The first-order chi connectivity index (χ1) is 30.1. The first kappa shape index (κ1) is 52.6. The van der Waals surface area contributed by atoms with E-state index in [9.17, 15) is 44.1 Å². The molecule has 1 aliphatic rings. The number of aliphatic hydroxyl groups excluding tert-OH is 1. The van der Waals surface area contributed by atoms with Crippen molar-refractivity contribution in [2.75, 3.05) is 20.7 Å². The fourth-order valence-corrected chi connectivity index (χ4v) is 8.32. The first-order valence-electron chi connectivity index (χ1n) is 23.5. The van der Waals surface area contributed by atoms with E-state index < -0.39 is 54.0 Å². The monoisotopic (exact) mass is 877 g/mol. The van der Waals surface area contributed by atoms with Gasteiger partial charge in [-0.15, -0.1) is 0 Å². The standard InChI is InChI=1S/C50H76N4O9/c1-7-8-9-10-11-12-13-14-15-16-17-18-19-20-21-22-46(60)53(5)41(33-55)50(63)52-36(4)42(56)27-28-47(61)54(6)48-38-24-26-44(58)40(32-38)39-31-37(23-25-43(39)57)30-35(3)51-49(62)34(2)29-45(48)59/h23-26,31-32,34-36,41,48,55,57-58H,7-22,27-30,33H2,1-6H3,(H,51,62)(H,52,63)/t34-,35-,36-,41-,48+/m1/s1. The SMILES string of the molecule is CCCCCCCCCCCCCCCCCC(=O)N(C)[C@H](CO)C(=O)N[C@H](C)C(=O)CCC(=O)N(C)[C@@H]1C(=O)C[C@@H](C)C(=O)N[C@H](C)Cc2ccc(O)c(c2)-c2cc1ccc2O. The molecule has 0 aliphatic carbocycles. The molecule has 2 aromatic carbocycles. The second-order valence-corrected chi connectivity index (χ2v) is 17.8. The van der Waals surface area contributed by atoms with Crippen molar-refractivity contribution in [1.82, 2.24) is 20.4 Å². The lowest BCUT2D eigenvalue weighted by Gasteiger charge is -2.30. The molecule has 13 heteroatoms. The van der Waals surface area contributed by atoms with Crippen LogP contribution in [-0.4, -0.2) is 99.1 Å². The predicted octanol–water partition coefficient (Wildman–Crippen LogP) is 7.86. The normalized spacial score (nSPS) is 17.5. The van der Waals surface area contributed by atoms with Crippen LogP contribution in [0.3, 0.4) is 0 Å². The smallest absolute Gasteiger partial charge is 0.245 e. The largest absolute Gasteiger partial charge is 0.507 e. The van der Waals surface area contributed by atoms with E-state index in [1.54, 1.807) is 25.1 Å². The quantitative estimate of drug-likeness (QED) is 0.0618. The Morgan fingerprint density at radius 1 is 0.730 bits per heavy atom. The topological polar surface area (TPSA) is 194 Å². The van der Waals surface area contributed by atoms with Crippen LogP contribution in [0, 0.1) is 5.92 Å². The van der Waals surface area contributed by atoms with Crippen molar-refractivity contribution < 1.29 is 44.1 Å². The van der Waals surface area contributed by atoms with Crippen molar-refractivity contribution in [3.05, 3.63) is 47.5 Å². The number of hydrogen-bond acceptors (Lipinski definition) is 9. The van der Waals surface area contributed by atoms with E-state index in [-0.39, 0.29) is 60.6 Å². The zero-order valence-electron chi connectivity index (χ0n) is 38.9. The van der Waals surface area contributed by atoms with Crippen LogP contribution in [0.15, 0.2) is 36.4 Å². The van der Waals surface area contributed by atoms with Gasteiger partial charge >= 0.3 is 0 Å². The van der Waals surface area contributed by atoms with Gasteiger partial charge in [0.25, 0.3) is 0 Å². The highest BCUT2D eigenvalue weighted by Gasteiger charge is 2.33. The number of phenols is 2. The van der Waals surface area contributed by atoms with E-state index in [0.717, 1.165) is 24.8 Å². The number of aromatic hydroxyl groups is 2. The Kier molecular flexibility index (Phi) is 22.9. The molecule has 4 bridgehead atoms. The van der Waals surface area contributed by atoms with Crippen molar-refractivity contribution >= 4 is 35.2 Å². The number of amides is 4. The Bertz CT molecular complexity index is 1820. The number of Topliss-reactive ketones (excluding diaryl/α,β-unsaturated/α-hetero) is 2. The summed E-state index contributed by atoms with van der Waals surface area (Å²) in [6, 6.07) is 5.67. The molecule has 5 atom stereocenters. The maximum Gasteiger partial charge on any atom is 0.245 e. The summed E-state index contributed by atoms with van der Waals surface area (Å²) in [6.07, 6.45) is 18.1. The van der Waals surface area contributed by atoms with Crippen LogP contribution in [0.4, 0.5) is 0 Å². The summed E-state index contributed by atoms with van der Waals surface area (Å²) in [6.45, 7) is 6.55. The number of nitrogens with zero attached hydrogens (tertiary/aromatic N) is 2. The molecule has 0 spiro atoms. The number of likely N-dealkylation sites (N-methyl/N-ethyl adjacent to an activating group) is 2. The Morgan fingerprint density at radius 3 is 1.84 bits per heavy atom. The van der Waals surface area contributed by atoms with Gasteiger partial charge in [-0.05, 0) is 62.1 Å². The van der Waals surface area contributed by atoms with Gasteiger partial charge in [0.1, 0.15) is 23.6 Å². The third-order valence-electron chi connectivity index (χ3n) is 12.4. The molecule has 1 heterocycles. The molecular formula is C50H76N4O9. The third-order valence-corrected chi connectivity index (χ3v) is 12.4. The Morgan fingerprint density at radius 2 is 1.27 bits per heavy atom. The number of fused-ring (bicyclic) bond motifs is 5. The van der Waals surface area contributed by atoms with Gasteiger partial charge in [0.2, 0.25) is 23.6 Å². The number of rotatable bonds is 25. The van der Waals surface area contributed by atoms with E-state index in [1.807, 2.05) is 6.92 Å². The van der Waals surface area contributed by atoms with Gasteiger partial charge in [0, 0.05) is 62.9 Å². The molecule has 0 radical (unpaired) electrons. The number of unbranched alkanes of at least 4 members (excludes halogenated alkanes) is 14. The minimum absolute atomic E-state index is 0.102. The molecule has 2 aromatic rings. The molecule has 4 amide bonds. The molecular weight excluding hydrogens is 801 g/mol. The average Bonchev–Trinajstić information content (AvgIpc) is 3.24. The van der Waals surface area contributed by atoms with E-state index >= 15 is 0 Å². The summed E-state index contributed by atoms with van der Waals surface area (Å²) in [5, 5.41) is 37.3. The summed E-state index contributed by atoms with van der Waals surface area (Å²) in [5.74, 6) is -3.71. The molecule has 13 nitrogen and oxygen atoms in total. The minimum Gasteiger partial charge on any atom is -0.507 e. The Hall–Kier alpha value is -4.78. The van der Waals surface area contributed by atoms with Crippen molar-refractivity contribution in [3.63, 3.8) is 0 Å². The number of aliphatic hydroxyl groups is 1. The van der Waals surface area contributed by atoms with Gasteiger partial charge in [-0.25, -0.2) is 0 Å². The van der Waals surface area contributed by atoms with Crippen molar-refractivity contribution in [1.29, 1.82) is 0 Å². The van der Waals surface area contributed by atoms with E-state index in [1.165, 1.54) is 120 Å². The van der Waals surface area contributed by atoms with Gasteiger partial charge < -0.3 is 35.8 Å². The molecule has 0 fully saturated rings. The van der Waals surface area contributed by atoms with E-state index in [0.29, 0.717) is 24.0 Å². The number of ketones is 2. The Balaban J connectivity index is 1.52. The minimum atomic E-state index is -1.20. The molecule has 63 heavy (non-hydrogen) atoms. The zero-order chi connectivity index (χ0) is 46.5. The van der Waals surface area contributed by atoms with Gasteiger partial charge in [0.15, 0.2) is 11.6 Å². The van der Waals surface area contributed by atoms with Gasteiger partial charge in [0.05, 0.1) is 12.6 Å². The maximum atomic E-state index is 14.0. The molecule has 0 saturated carbocycles. The molecule has 3 rings (SSSR count). The summed E-state index contributed by atoms with van der Waals surface area (Å²) in [5.41, 5.74) is 1.72. The number of benzene rings is 2. The third kappa shape index (κ3) is 17.0. The fourth-order valence-electron chi connectivity index (χ4n) is 8.32. The molecule has 0 saturated heterocycles. The molecule has 350 valence electrons. The van der Waals surface area contributed by atoms with Crippen LogP contribution >= 0.6 is 0 Å². The lowest BCUT2D eigenvalue weighted by atomic mass is 9.90. The van der Waals surface area contributed by atoms with Crippen LogP contribution < -0.4 is 10.6 Å². The number of carbonyl (C=O) groups excluding carboxylic acids is 6. The van der Waals surface area contributed by atoms with Gasteiger partial charge in [-0.3, -0.25) is 28.8 Å². The highest BCUT2D eigenvalue weighted by molar-refractivity contribution is 5.96. The zero-order valence-corrected chi connectivity index (χ0v) is 38.9. The van der Waals surface area contributed by atoms with Crippen LogP contribution in [0.1, 0.15) is 167 Å². The van der Waals surface area contributed by atoms with Crippen LogP contribution in [0.2, 0.25) is 0 Å². The number of nitrogens with one attached hydrogen (secondary N) is 2. The first-order valence-corrected chi connectivity index (χ1v) is 23.5. The van der Waals surface area contributed by atoms with Crippen molar-refractivity contribution in [2.24, 2.45) is 5.92 Å². The number of carbonyl (C=O) groups is 6. The summed E-state index contributed by atoms with van der Waals surface area (Å²) < 4.78 is 0. The van der Waals surface area contributed by atoms with Crippen LogP contribution in [0.5, 0.6) is 11.5 Å². The summed E-state index contributed by atoms with van der Waals surface area (Å²) >= 11 is 0. The van der Waals surface area contributed by atoms with Crippen LogP contribution in [0.25, 0.3) is 11.1 Å². The summed E-state index contributed by atoms with van der Waals surface area (Å²) in [7, 11) is 2.89. The molecule has 0 unspecified atom stereocenters. The lowest BCUT2D eigenvalue weighted by Crippen LogP contribution is -2.53. The number of phenolic OH excluding ortho intramolecular Hbond substituents is 2. The van der Waals surface area contributed by atoms with Gasteiger partial charge in [-0.1, -0.05) is 116 Å². The van der Waals surface area contributed by atoms with Gasteiger partial charge in [-0.2, -0.15) is 0 Å². The molecule has 1 aliphatic heterocycles.